The van der Waals surface area contributed by atoms with Gasteiger partial charge < -0.3 is 10.1 Å². The molecule has 0 saturated heterocycles. The lowest BCUT2D eigenvalue weighted by molar-refractivity contribution is -0.130. The summed E-state index contributed by atoms with van der Waals surface area (Å²) in [6, 6.07) is 6.54. The van der Waals surface area contributed by atoms with Crippen LogP contribution in [0.4, 0.5) is 4.39 Å². The molecule has 1 aromatic carbocycles. The quantitative estimate of drug-likeness (QED) is 0.549. The fraction of sp³-hybridized carbons (Fsp3) is 0.480. The van der Waals surface area contributed by atoms with E-state index in [2.05, 4.69) is 27.7 Å². The number of aromatic nitrogens is 2. The number of amides is 2. The number of carbonyl (C=O) groups excluding carboxylic acids is 2. The average molecular weight is 481 g/mol. The van der Waals surface area contributed by atoms with Crippen LogP contribution in [0.2, 0.25) is 0 Å². The van der Waals surface area contributed by atoms with E-state index >= 15 is 4.39 Å². The highest BCUT2D eigenvalue weighted by atomic mass is 19.1. The average Bonchev–Trinajstić information content (AvgIpc) is 3.33. The first-order chi connectivity index (χ1) is 16.9. The first-order valence-electron chi connectivity index (χ1n) is 12.1. The second kappa shape index (κ2) is 9.24. The standard InChI is InChI=1S/C25H29FN6O3/c1-3-4-11-35-17-7-8-19(20(26)12-17)25(2)13-18(21-9-10-31(29-21)15-16-5-6-16)23(24(34)28-25)32-22(33)14-27-30-32/h7-10,12,16H,3-6,11,13-15H2,1-2H3,(H,28,34)/t25-/m0/s1. The first-order valence-corrected chi connectivity index (χ1v) is 12.1. The molecule has 1 fully saturated rings. The Morgan fingerprint density at radius 2 is 2.09 bits per heavy atom. The van der Waals surface area contributed by atoms with E-state index in [1.807, 2.05) is 16.9 Å². The van der Waals surface area contributed by atoms with Gasteiger partial charge in [0.15, 0.2) is 0 Å². The van der Waals surface area contributed by atoms with Gasteiger partial charge in [0.1, 0.15) is 23.8 Å². The summed E-state index contributed by atoms with van der Waals surface area (Å²) in [6.07, 6.45) is 6.33. The van der Waals surface area contributed by atoms with Gasteiger partial charge in [-0.15, -0.1) is 0 Å². The monoisotopic (exact) mass is 480 g/mol. The molecule has 1 N–H and O–H groups in total. The van der Waals surface area contributed by atoms with E-state index in [1.54, 1.807) is 19.1 Å². The molecule has 10 heteroatoms. The number of hydrogen-bond acceptors (Lipinski definition) is 6. The zero-order valence-corrected chi connectivity index (χ0v) is 20.0. The highest BCUT2D eigenvalue weighted by Gasteiger charge is 2.43. The summed E-state index contributed by atoms with van der Waals surface area (Å²) in [7, 11) is 0. The number of halogens is 1. The zero-order valence-electron chi connectivity index (χ0n) is 20.0. The fourth-order valence-electron chi connectivity index (χ4n) is 4.53. The normalized spacial score (nSPS) is 22.2. The molecule has 0 spiro atoms. The largest absolute Gasteiger partial charge is 0.493 e. The van der Waals surface area contributed by atoms with Crippen LogP contribution >= 0.6 is 0 Å². The molecule has 184 valence electrons. The Morgan fingerprint density at radius 3 is 2.77 bits per heavy atom. The van der Waals surface area contributed by atoms with Gasteiger partial charge in [0.25, 0.3) is 11.8 Å². The van der Waals surface area contributed by atoms with Crippen molar-refractivity contribution in [3.63, 3.8) is 0 Å². The van der Waals surface area contributed by atoms with Crippen molar-refractivity contribution in [3.8, 4) is 5.75 Å². The van der Waals surface area contributed by atoms with Gasteiger partial charge in [-0.25, -0.2) is 4.39 Å². The van der Waals surface area contributed by atoms with Crippen LogP contribution in [0.15, 0.2) is 46.5 Å². The molecule has 1 saturated carbocycles. The Morgan fingerprint density at radius 1 is 1.26 bits per heavy atom. The van der Waals surface area contributed by atoms with Crippen molar-refractivity contribution in [2.45, 2.75) is 58.0 Å². The second-order valence-corrected chi connectivity index (χ2v) is 9.59. The van der Waals surface area contributed by atoms with Crippen LogP contribution in [0.1, 0.15) is 57.2 Å². The first kappa shape index (κ1) is 23.2. The van der Waals surface area contributed by atoms with Crippen LogP contribution in [-0.2, 0) is 21.7 Å². The Hall–Kier alpha value is -3.56. The lowest BCUT2D eigenvalue weighted by atomic mass is 9.80. The van der Waals surface area contributed by atoms with Crippen LogP contribution in [0.25, 0.3) is 5.57 Å². The summed E-state index contributed by atoms with van der Waals surface area (Å²) < 4.78 is 22.8. The minimum atomic E-state index is -1.07. The Labute approximate surface area is 203 Å². The number of hydrogen-bond donors (Lipinski definition) is 1. The summed E-state index contributed by atoms with van der Waals surface area (Å²) in [5.41, 5.74) is 0.448. The van der Waals surface area contributed by atoms with Gasteiger partial charge in [0.2, 0.25) is 0 Å². The van der Waals surface area contributed by atoms with Gasteiger partial charge in [-0.3, -0.25) is 14.3 Å². The van der Waals surface area contributed by atoms with E-state index in [0.717, 1.165) is 24.4 Å². The summed E-state index contributed by atoms with van der Waals surface area (Å²) in [5.74, 6) is -0.322. The van der Waals surface area contributed by atoms with Crippen LogP contribution in [0, 0.1) is 11.7 Å². The predicted molar refractivity (Wildman–Crippen MR) is 125 cm³/mol. The molecule has 5 rings (SSSR count). The highest BCUT2D eigenvalue weighted by Crippen LogP contribution is 2.41. The maximum absolute atomic E-state index is 15.3. The third-order valence-electron chi connectivity index (χ3n) is 6.62. The van der Waals surface area contributed by atoms with Gasteiger partial charge in [0, 0.05) is 36.4 Å². The van der Waals surface area contributed by atoms with Crippen LogP contribution < -0.4 is 10.1 Å². The van der Waals surface area contributed by atoms with Crippen molar-refractivity contribution >= 4 is 17.4 Å². The van der Waals surface area contributed by atoms with E-state index < -0.39 is 23.2 Å². The number of ether oxygens (including phenoxy) is 1. The predicted octanol–water partition coefficient (Wildman–Crippen LogP) is 3.97. The van der Waals surface area contributed by atoms with Crippen LogP contribution in [-0.4, -0.2) is 39.8 Å². The summed E-state index contributed by atoms with van der Waals surface area (Å²) in [4.78, 5) is 25.8. The summed E-state index contributed by atoms with van der Waals surface area (Å²) in [6.45, 7) is 5.03. The highest BCUT2D eigenvalue weighted by molar-refractivity contribution is 6.06. The molecule has 2 aromatic rings. The third-order valence-corrected chi connectivity index (χ3v) is 6.62. The van der Waals surface area contributed by atoms with E-state index in [-0.39, 0.29) is 18.7 Å². The van der Waals surface area contributed by atoms with Gasteiger partial charge in [-0.05, 0) is 44.2 Å². The van der Waals surface area contributed by atoms with E-state index in [4.69, 9.17) is 4.74 Å². The Kier molecular flexibility index (Phi) is 6.12. The molecular weight excluding hydrogens is 451 g/mol. The second-order valence-electron chi connectivity index (χ2n) is 9.59. The minimum Gasteiger partial charge on any atom is -0.493 e. The van der Waals surface area contributed by atoms with Crippen molar-refractivity contribution in [2.24, 2.45) is 16.3 Å². The summed E-state index contributed by atoms with van der Waals surface area (Å²) in [5, 5.41) is 16.3. The molecule has 0 unspecified atom stereocenters. The molecule has 3 aliphatic rings. The van der Waals surface area contributed by atoms with Crippen molar-refractivity contribution in [3.05, 3.63) is 53.2 Å². The van der Waals surface area contributed by atoms with E-state index in [1.165, 1.54) is 18.9 Å². The van der Waals surface area contributed by atoms with Crippen molar-refractivity contribution < 1.29 is 18.7 Å². The lowest BCUT2D eigenvalue weighted by Gasteiger charge is -2.38. The molecule has 3 heterocycles. The molecule has 0 bridgehead atoms. The Balaban J connectivity index is 1.50. The smallest absolute Gasteiger partial charge is 0.272 e. The maximum Gasteiger partial charge on any atom is 0.272 e. The Bertz CT molecular complexity index is 1220. The molecule has 2 aliphatic heterocycles. The van der Waals surface area contributed by atoms with Crippen molar-refractivity contribution in [1.29, 1.82) is 0 Å². The zero-order chi connectivity index (χ0) is 24.6. The van der Waals surface area contributed by atoms with Gasteiger partial charge >= 0.3 is 0 Å². The van der Waals surface area contributed by atoms with Crippen molar-refractivity contribution in [2.75, 3.05) is 13.2 Å². The number of benzene rings is 1. The van der Waals surface area contributed by atoms with Gasteiger partial charge in [-0.2, -0.15) is 15.2 Å². The van der Waals surface area contributed by atoms with Gasteiger partial charge in [-0.1, -0.05) is 24.6 Å². The topological polar surface area (TPSA) is 101 Å². The maximum atomic E-state index is 15.3. The lowest BCUT2D eigenvalue weighted by Crippen LogP contribution is -2.51. The van der Waals surface area contributed by atoms with Crippen LogP contribution in [0.3, 0.4) is 0 Å². The molecule has 2 amide bonds. The molecule has 1 aliphatic carbocycles. The number of unbranched alkanes of at least 4 members (excludes halogenated alkanes) is 1. The SMILES string of the molecule is CCCCOc1ccc([C@]2(C)CC(c3ccn(CC4CC4)n3)=C(N3N=NCC3=O)C(=O)N2)c(F)c1. The molecule has 9 nitrogen and oxygen atoms in total. The van der Waals surface area contributed by atoms with Crippen molar-refractivity contribution in [1.82, 2.24) is 20.1 Å². The molecule has 0 radical (unpaired) electrons. The molecule has 1 atom stereocenters. The number of rotatable bonds is 9. The summed E-state index contributed by atoms with van der Waals surface area (Å²) >= 11 is 0. The van der Waals surface area contributed by atoms with Crippen LogP contribution in [0.5, 0.6) is 5.75 Å². The number of carbonyl (C=O) groups is 2. The number of nitrogens with one attached hydrogen (secondary N) is 1. The minimum absolute atomic E-state index is 0.0883. The fourth-order valence-corrected chi connectivity index (χ4v) is 4.53. The number of nitrogens with zero attached hydrogens (tertiary/aromatic N) is 5. The molecule has 35 heavy (non-hydrogen) atoms. The molecular formula is C25H29FN6O3. The van der Waals surface area contributed by atoms with Gasteiger partial charge in [0.05, 0.1) is 17.8 Å². The van der Waals surface area contributed by atoms with E-state index in [9.17, 15) is 9.59 Å². The third kappa shape index (κ3) is 4.69. The van der Waals surface area contributed by atoms with E-state index in [0.29, 0.717) is 35.1 Å². The molecule has 1 aromatic heterocycles.